The van der Waals surface area contributed by atoms with Crippen LogP contribution in [0.3, 0.4) is 0 Å². The Kier molecular flexibility index (Phi) is 3.34. The number of anilines is 1. The molecule has 2 nitrogen and oxygen atoms in total. The summed E-state index contributed by atoms with van der Waals surface area (Å²) in [5, 5.41) is 10.9. The molecular formula is C16H16ClNO. The molecule has 3 heteroatoms. The molecule has 2 aromatic rings. The van der Waals surface area contributed by atoms with Crippen molar-refractivity contribution < 1.29 is 5.11 Å². The van der Waals surface area contributed by atoms with Gasteiger partial charge in [-0.3, -0.25) is 0 Å². The van der Waals surface area contributed by atoms with E-state index in [1.807, 2.05) is 36.4 Å². The normalized spacial score (nSPS) is 14.9. The van der Waals surface area contributed by atoms with Crippen molar-refractivity contribution >= 4 is 17.3 Å². The van der Waals surface area contributed by atoms with Gasteiger partial charge >= 0.3 is 0 Å². The number of hydrogen-bond acceptors (Lipinski definition) is 2. The Morgan fingerprint density at radius 1 is 1.00 bits per heavy atom. The van der Waals surface area contributed by atoms with Crippen molar-refractivity contribution in [3.8, 4) is 16.9 Å². The third kappa shape index (κ3) is 2.41. The first-order valence-corrected chi connectivity index (χ1v) is 6.96. The van der Waals surface area contributed by atoms with Gasteiger partial charge < -0.3 is 10.0 Å². The molecule has 3 rings (SSSR count). The van der Waals surface area contributed by atoms with Gasteiger partial charge in [-0.1, -0.05) is 35.9 Å². The van der Waals surface area contributed by atoms with E-state index in [0.29, 0.717) is 10.8 Å². The van der Waals surface area contributed by atoms with Crippen molar-refractivity contribution in [1.29, 1.82) is 0 Å². The lowest BCUT2D eigenvalue weighted by Gasteiger charge is -2.19. The van der Waals surface area contributed by atoms with E-state index in [9.17, 15) is 5.11 Å². The van der Waals surface area contributed by atoms with Gasteiger partial charge in [-0.05, 0) is 36.6 Å². The number of hydrogen-bond donors (Lipinski definition) is 1. The molecule has 0 radical (unpaired) electrons. The first-order valence-electron chi connectivity index (χ1n) is 6.58. The Bertz CT molecular complexity index is 591. The maximum absolute atomic E-state index is 10.2. The summed E-state index contributed by atoms with van der Waals surface area (Å²) in [5.74, 6) is 0.333. The first-order chi connectivity index (χ1) is 9.25. The summed E-state index contributed by atoms with van der Waals surface area (Å²) in [6.07, 6.45) is 2.40. The third-order valence-electron chi connectivity index (χ3n) is 3.61. The van der Waals surface area contributed by atoms with E-state index in [4.69, 9.17) is 11.6 Å². The summed E-state index contributed by atoms with van der Waals surface area (Å²) < 4.78 is 0. The van der Waals surface area contributed by atoms with E-state index in [1.165, 1.54) is 12.8 Å². The molecule has 0 aromatic heterocycles. The molecular weight excluding hydrogens is 258 g/mol. The highest BCUT2D eigenvalue weighted by molar-refractivity contribution is 6.33. The Hall–Kier alpha value is -1.67. The van der Waals surface area contributed by atoms with Crippen LogP contribution in [0.1, 0.15) is 12.8 Å². The van der Waals surface area contributed by atoms with Crippen LogP contribution in [-0.2, 0) is 0 Å². The van der Waals surface area contributed by atoms with Crippen LogP contribution in [-0.4, -0.2) is 18.2 Å². The highest BCUT2D eigenvalue weighted by atomic mass is 35.5. The summed E-state index contributed by atoms with van der Waals surface area (Å²) in [6, 6.07) is 13.5. The number of aromatic hydroxyl groups is 1. The largest absolute Gasteiger partial charge is 0.506 e. The van der Waals surface area contributed by atoms with Crippen LogP contribution < -0.4 is 4.90 Å². The molecule has 0 saturated carbocycles. The zero-order valence-corrected chi connectivity index (χ0v) is 11.4. The van der Waals surface area contributed by atoms with E-state index in [-0.39, 0.29) is 0 Å². The smallest absolute Gasteiger partial charge is 0.139 e. The molecule has 0 amide bonds. The van der Waals surface area contributed by atoms with E-state index < -0.39 is 0 Å². The fraction of sp³-hybridized carbons (Fsp3) is 0.250. The second kappa shape index (κ2) is 5.14. The molecule has 0 unspecified atom stereocenters. The highest BCUT2D eigenvalue weighted by Crippen LogP contribution is 2.36. The second-order valence-corrected chi connectivity index (χ2v) is 5.28. The summed E-state index contributed by atoms with van der Waals surface area (Å²) in [6.45, 7) is 2.05. The molecule has 1 fully saturated rings. The van der Waals surface area contributed by atoms with Crippen LogP contribution in [0, 0.1) is 0 Å². The monoisotopic (exact) mass is 273 g/mol. The van der Waals surface area contributed by atoms with Crippen molar-refractivity contribution in [3.63, 3.8) is 0 Å². The molecule has 2 aromatic carbocycles. The predicted molar refractivity (Wildman–Crippen MR) is 80.0 cm³/mol. The van der Waals surface area contributed by atoms with Crippen molar-refractivity contribution in [2.45, 2.75) is 12.8 Å². The molecule has 0 atom stereocenters. The van der Waals surface area contributed by atoms with Crippen molar-refractivity contribution in [3.05, 3.63) is 47.5 Å². The Morgan fingerprint density at radius 3 is 2.42 bits per heavy atom. The number of benzene rings is 2. The molecule has 19 heavy (non-hydrogen) atoms. The topological polar surface area (TPSA) is 23.5 Å². The zero-order chi connectivity index (χ0) is 13.2. The average Bonchev–Trinajstić information content (AvgIpc) is 2.93. The average molecular weight is 274 g/mol. The van der Waals surface area contributed by atoms with Crippen molar-refractivity contribution in [2.75, 3.05) is 18.0 Å². The van der Waals surface area contributed by atoms with Gasteiger partial charge in [0.15, 0.2) is 0 Å². The molecule has 0 aliphatic carbocycles. The SMILES string of the molecule is Oc1cc(-c2ccccc2Cl)ccc1N1CCCC1. The molecule has 1 aliphatic heterocycles. The minimum absolute atomic E-state index is 0.333. The van der Waals surface area contributed by atoms with Gasteiger partial charge in [0.1, 0.15) is 5.75 Å². The lowest BCUT2D eigenvalue weighted by atomic mass is 10.0. The zero-order valence-electron chi connectivity index (χ0n) is 10.6. The van der Waals surface area contributed by atoms with Gasteiger partial charge in [-0.2, -0.15) is 0 Å². The van der Waals surface area contributed by atoms with Crippen molar-refractivity contribution in [1.82, 2.24) is 0 Å². The lowest BCUT2D eigenvalue weighted by molar-refractivity contribution is 0.475. The van der Waals surface area contributed by atoms with Crippen LogP contribution in [0.5, 0.6) is 5.75 Å². The standard InChI is InChI=1S/C16H16ClNO/c17-14-6-2-1-5-13(14)12-7-8-15(16(19)11-12)18-9-3-4-10-18/h1-2,5-8,11,19H,3-4,9-10H2. The lowest BCUT2D eigenvalue weighted by Crippen LogP contribution is -2.17. The molecule has 0 bridgehead atoms. The first kappa shape index (κ1) is 12.4. The van der Waals surface area contributed by atoms with Gasteiger partial charge in [0.05, 0.1) is 5.69 Å². The third-order valence-corrected chi connectivity index (χ3v) is 3.94. The molecule has 1 heterocycles. The van der Waals surface area contributed by atoms with Crippen LogP contribution in [0.2, 0.25) is 5.02 Å². The molecule has 98 valence electrons. The maximum Gasteiger partial charge on any atom is 0.139 e. The van der Waals surface area contributed by atoms with Crippen LogP contribution >= 0.6 is 11.6 Å². The number of phenols is 1. The minimum Gasteiger partial charge on any atom is -0.506 e. The number of rotatable bonds is 2. The highest BCUT2D eigenvalue weighted by Gasteiger charge is 2.16. The molecule has 1 N–H and O–H groups in total. The van der Waals surface area contributed by atoms with Crippen molar-refractivity contribution in [2.24, 2.45) is 0 Å². The number of nitrogens with zero attached hydrogens (tertiary/aromatic N) is 1. The van der Waals surface area contributed by atoms with Crippen LogP contribution in [0.4, 0.5) is 5.69 Å². The van der Waals surface area contributed by atoms with Crippen LogP contribution in [0.25, 0.3) is 11.1 Å². The predicted octanol–water partition coefficient (Wildman–Crippen LogP) is 4.31. The molecule has 1 saturated heterocycles. The number of phenolic OH excluding ortho intramolecular Hbond substituents is 1. The Morgan fingerprint density at radius 2 is 1.74 bits per heavy atom. The number of halogens is 1. The summed E-state index contributed by atoms with van der Waals surface area (Å²) in [4.78, 5) is 2.23. The Balaban J connectivity index is 1.97. The second-order valence-electron chi connectivity index (χ2n) is 4.88. The van der Waals surface area contributed by atoms with E-state index >= 15 is 0 Å². The van der Waals surface area contributed by atoms with Crippen LogP contribution in [0.15, 0.2) is 42.5 Å². The van der Waals surface area contributed by atoms with Gasteiger partial charge in [-0.15, -0.1) is 0 Å². The minimum atomic E-state index is 0.333. The van der Waals surface area contributed by atoms with Gasteiger partial charge in [0.2, 0.25) is 0 Å². The van der Waals surface area contributed by atoms with Gasteiger partial charge in [0.25, 0.3) is 0 Å². The summed E-state index contributed by atoms with van der Waals surface area (Å²) in [7, 11) is 0. The van der Waals surface area contributed by atoms with Gasteiger partial charge in [-0.25, -0.2) is 0 Å². The molecule has 1 aliphatic rings. The van der Waals surface area contributed by atoms with E-state index in [2.05, 4.69) is 4.90 Å². The van der Waals surface area contributed by atoms with E-state index in [1.54, 1.807) is 6.07 Å². The van der Waals surface area contributed by atoms with Gasteiger partial charge in [0, 0.05) is 23.7 Å². The molecule has 0 spiro atoms. The quantitative estimate of drug-likeness (QED) is 0.881. The summed E-state index contributed by atoms with van der Waals surface area (Å²) in [5.41, 5.74) is 2.83. The Labute approximate surface area is 118 Å². The fourth-order valence-electron chi connectivity index (χ4n) is 2.61. The summed E-state index contributed by atoms with van der Waals surface area (Å²) >= 11 is 6.19. The van der Waals surface area contributed by atoms with E-state index in [0.717, 1.165) is 29.9 Å². The maximum atomic E-state index is 10.2. The fourth-order valence-corrected chi connectivity index (χ4v) is 2.86.